The zero-order chi connectivity index (χ0) is 30.8. The van der Waals surface area contributed by atoms with Crippen molar-refractivity contribution in [1.82, 2.24) is 14.5 Å². The highest BCUT2D eigenvalue weighted by molar-refractivity contribution is 6.17. The summed E-state index contributed by atoms with van der Waals surface area (Å²) >= 11 is 0. The van der Waals surface area contributed by atoms with Crippen molar-refractivity contribution in [2.45, 2.75) is 19.3 Å². The largest absolute Gasteiger partial charge is 0.309 e. The number of fused-ring (bicyclic) bond motifs is 7. The second kappa shape index (κ2) is 10.1. The van der Waals surface area contributed by atoms with Gasteiger partial charge in [-0.2, -0.15) is 0 Å². The fourth-order valence-corrected chi connectivity index (χ4v) is 7.38. The van der Waals surface area contributed by atoms with Crippen molar-refractivity contribution in [3.63, 3.8) is 0 Å². The van der Waals surface area contributed by atoms with Crippen LogP contribution in [0.5, 0.6) is 0 Å². The molecule has 0 fully saturated rings. The SMILES string of the molecule is CC1(C)c2ccccc2-c2c1ccc1c2c2ccccc2n1-c1ccc(-c2nc(-c3ccccc3)cc(-c3ccccc3)n2)cc1. The lowest BCUT2D eigenvalue weighted by Crippen LogP contribution is -2.14. The Labute approximate surface area is 268 Å². The molecule has 2 aromatic heterocycles. The maximum Gasteiger partial charge on any atom is 0.160 e. The standard InChI is InChI=1S/C43H31N3/c1-43(2)34-19-11-9-17-32(34)40-35(43)25-26-39-41(40)33-18-10-12-20-38(33)46(39)31-23-21-30(22-24-31)42-44-36(28-13-5-3-6-14-28)27-37(45-42)29-15-7-4-8-16-29/h3-27H,1-2H3. The molecule has 0 unspecified atom stereocenters. The first-order chi connectivity index (χ1) is 22.6. The molecule has 3 heteroatoms. The monoisotopic (exact) mass is 589 g/mol. The molecule has 46 heavy (non-hydrogen) atoms. The predicted octanol–water partition coefficient (Wildman–Crippen LogP) is 10.9. The highest BCUT2D eigenvalue weighted by Gasteiger charge is 2.37. The summed E-state index contributed by atoms with van der Waals surface area (Å²) in [6, 6.07) is 53.8. The van der Waals surface area contributed by atoms with Gasteiger partial charge in [-0.1, -0.05) is 123 Å². The third-order valence-electron chi connectivity index (χ3n) is 9.63. The topological polar surface area (TPSA) is 30.7 Å². The van der Waals surface area contributed by atoms with Gasteiger partial charge in [0.05, 0.1) is 22.4 Å². The molecule has 3 nitrogen and oxygen atoms in total. The lowest BCUT2D eigenvalue weighted by atomic mass is 9.82. The summed E-state index contributed by atoms with van der Waals surface area (Å²) in [6.45, 7) is 4.69. The van der Waals surface area contributed by atoms with Gasteiger partial charge in [0.2, 0.25) is 0 Å². The van der Waals surface area contributed by atoms with E-state index in [0.717, 1.165) is 33.8 Å². The van der Waals surface area contributed by atoms with Gasteiger partial charge in [0.25, 0.3) is 0 Å². The first-order valence-corrected chi connectivity index (χ1v) is 15.9. The molecule has 0 radical (unpaired) electrons. The van der Waals surface area contributed by atoms with Crippen molar-refractivity contribution in [3.05, 3.63) is 163 Å². The summed E-state index contributed by atoms with van der Waals surface area (Å²) in [5.41, 5.74) is 13.9. The normalized spacial score (nSPS) is 13.2. The predicted molar refractivity (Wildman–Crippen MR) is 190 cm³/mol. The van der Waals surface area contributed by atoms with Gasteiger partial charge < -0.3 is 4.57 Å². The van der Waals surface area contributed by atoms with Crippen molar-refractivity contribution >= 4 is 21.8 Å². The molecule has 6 aromatic carbocycles. The Balaban J connectivity index is 1.21. The van der Waals surface area contributed by atoms with Crippen LogP contribution in [0.4, 0.5) is 0 Å². The minimum Gasteiger partial charge on any atom is -0.309 e. The van der Waals surface area contributed by atoms with E-state index in [1.165, 1.54) is 44.1 Å². The first-order valence-electron chi connectivity index (χ1n) is 15.9. The van der Waals surface area contributed by atoms with E-state index >= 15 is 0 Å². The van der Waals surface area contributed by atoms with Crippen molar-refractivity contribution in [3.8, 4) is 50.7 Å². The minimum atomic E-state index is -0.0438. The van der Waals surface area contributed by atoms with Crippen LogP contribution in [0.3, 0.4) is 0 Å². The van der Waals surface area contributed by atoms with Crippen LogP contribution in [-0.2, 0) is 5.41 Å². The molecule has 1 aliphatic rings. The van der Waals surface area contributed by atoms with Gasteiger partial charge in [0.1, 0.15) is 0 Å². The van der Waals surface area contributed by atoms with E-state index in [1.54, 1.807) is 0 Å². The van der Waals surface area contributed by atoms with Gasteiger partial charge in [0.15, 0.2) is 5.82 Å². The third-order valence-corrected chi connectivity index (χ3v) is 9.63. The number of hydrogen-bond donors (Lipinski definition) is 0. The van der Waals surface area contributed by atoms with Gasteiger partial charge in [-0.25, -0.2) is 9.97 Å². The Morgan fingerprint density at radius 2 is 1.11 bits per heavy atom. The van der Waals surface area contributed by atoms with E-state index < -0.39 is 0 Å². The second-order valence-corrected chi connectivity index (χ2v) is 12.6. The fraction of sp³-hybridized carbons (Fsp3) is 0.0698. The molecule has 0 aliphatic heterocycles. The summed E-state index contributed by atoms with van der Waals surface area (Å²) < 4.78 is 2.40. The zero-order valence-electron chi connectivity index (χ0n) is 25.8. The van der Waals surface area contributed by atoms with Crippen LogP contribution < -0.4 is 0 Å². The van der Waals surface area contributed by atoms with E-state index in [1.807, 2.05) is 12.1 Å². The fourth-order valence-electron chi connectivity index (χ4n) is 7.38. The molecular formula is C43H31N3. The Morgan fingerprint density at radius 1 is 0.500 bits per heavy atom. The van der Waals surface area contributed by atoms with E-state index in [4.69, 9.17) is 9.97 Å². The molecule has 0 atom stereocenters. The average molecular weight is 590 g/mol. The van der Waals surface area contributed by atoms with Gasteiger partial charge >= 0.3 is 0 Å². The zero-order valence-corrected chi connectivity index (χ0v) is 25.8. The first kappa shape index (κ1) is 26.6. The molecular weight excluding hydrogens is 558 g/mol. The molecule has 0 N–H and O–H groups in total. The highest BCUT2D eigenvalue weighted by atomic mass is 15.0. The van der Waals surface area contributed by atoms with E-state index in [0.29, 0.717) is 5.82 Å². The molecule has 0 saturated carbocycles. The Hall–Kier alpha value is -5.80. The molecule has 218 valence electrons. The van der Waals surface area contributed by atoms with Crippen molar-refractivity contribution in [2.24, 2.45) is 0 Å². The smallest absolute Gasteiger partial charge is 0.160 e. The molecule has 0 bridgehead atoms. The van der Waals surface area contributed by atoms with Crippen LogP contribution in [0, 0.1) is 0 Å². The van der Waals surface area contributed by atoms with Crippen LogP contribution in [0.2, 0.25) is 0 Å². The second-order valence-electron chi connectivity index (χ2n) is 12.6. The number of para-hydroxylation sites is 1. The van der Waals surface area contributed by atoms with E-state index in [-0.39, 0.29) is 5.41 Å². The molecule has 0 saturated heterocycles. The minimum absolute atomic E-state index is 0.0438. The maximum absolute atomic E-state index is 5.05. The van der Waals surface area contributed by atoms with Gasteiger partial charge in [0, 0.05) is 38.6 Å². The molecule has 0 amide bonds. The number of nitrogens with zero attached hydrogens (tertiary/aromatic N) is 3. The van der Waals surface area contributed by atoms with Crippen LogP contribution in [-0.4, -0.2) is 14.5 Å². The lowest BCUT2D eigenvalue weighted by molar-refractivity contribution is 0.661. The van der Waals surface area contributed by atoms with Crippen LogP contribution in [0.25, 0.3) is 72.5 Å². The van der Waals surface area contributed by atoms with Gasteiger partial charge in [-0.3, -0.25) is 0 Å². The molecule has 2 heterocycles. The number of rotatable bonds is 4. The van der Waals surface area contributed by atoms with Crippen molar-refractivity contribution < 1.29 is 0 Å². The maximum atomic E-state index is 5.05. The number of benzene rings is 6. The van der Waals surface area contributed by atoms with Crippen LogP contribution >= 0.6 is 0 Å². The average Bonchev–Trinajstić information content (AvgIpc) is 3.58. The van der Waals surface area contributed by atoms with E-state index in [2.05, 4.69) is 158 Å². The van der Waals surface area contributed by atoms with Crippen LogP contribution in [0.1, 0.15) is 25.0 Å². The Morgan fingerprint density at radius 3 is 1.80 bits per heavy atom. The van der Waals surface area contributed by atoms with Gasteiger partial charge in [-0.15, -0.1) is 0 Å². The summed E-state index contributed by atoms with van der Waals surface area (Å²) in [7, 11) is 0. The summed E-state index contributed by atoms with van der Waals surface area (Å²) in [4.78, 5) is 10.1. The number of aromatic nitrogens is 3. The quantitative estimate of drug-likeness (QED) is 0.204. The van der Waals surface area contributed by atoms with Crippen molar-refractivity contribution in [2.75, 3.05) is 0 Å². The molecule has 0 spiro atoms. The molecule has 1 aliphatic carbocycles. The number of hydrogen-bond acceptors (Lipinski definition) is 2. The Bertz CT molecular complexity index is 2360. The molecule has 8 aromatic rings. The summed E-state index contributed by atoms with van der Waals surface area (Å²) in [5.74, 6) is 0.714. The van der Waals surface area contributed by atoms with E-state index in [9.17, 15) is 0 Å². The summed E-state index contributed by atoms with van der Waals surface area (Å²) in [5, 5.41) is 2.60. The lowest BCUT2D eigenvalue weighted by Gasteiger charge is -2.21. The Kier molecular flexibility index (Phi) is 5.85. The van der Waals surface area contributed by atoms with Gasteiger partial charge in [-0.05, 0) is 64.7 Å². The summed E-state index contributed by atoms with van der Waals surface area (Å²) in [6.07, 6.45) is 0. The highest BCUT2D eigenvalue weighted by Crippen LogP contribution is 2.53. The van der Waals surface area contributed by atoms with Crippen molar-refractivity contribution in [1.29, 1.82) is 0 Å². The molecule has 9 rings (SSSR count). The van der Waals surface area contributed by atoms with Crippen LogP contribution in [0.15, 0.2) is 152 Å². The third kappa shape index (κ3) is 3.98.